The van der Waals surface area contributed by atoms with Crippen LogP contribution in [0.3, 0.4) is 0 Å². The average Bonchev–Trinajstić information content (AvgIpc) is 2.67. The lowest BCUT2D eigenvalue weighted by molar-refractivity contribution is 0.0223. The number of hydrogen-bond acceptors (Lipinski definition) is 8. The smallest absolute Gasteiger partial charge is 0.345 e. The van der Waals surface area contributed by atoms with Gasteiger partial charge in [-0.05, 0) is 8.39 Å². The van der Waals surface area contributed by atoms with Crippen molar-refractivity contribution < 1.29 is 27.3 Å². The molecule has 8 nitrogen and oxygen atoms in total. The number of halogens is 2. The summed E-state index contributed by atoms with van der Waals surface area (Å²) in [4.78, 5) is 0. The van der Waals surface area contributed by atoms with E-state index in [1.54, 1.807) is 50.9 Å². The maximum Gasteiger partial charge on any atom is 0.345 e. The normalized spacial score (nSPS) is 25.4. The van der Waals surface area contributed by atoms with Gasteiger partial charge in [0.1, 0.15) is 13.3 Å². The summed E-state index contributed by atoms with van der Waals surface area (Å²) in [5.74, 6) is 0. The zero-order valence-corrected chi connectivity index (χ0v) is 21.3. The van der Waals surface area contributed by atoms with Crippen LogP contribution >= 0.6 is 15.7 Å². The molecule has 0 radical (unpaired) electrons. The van der Waals surface area contributed by atoms with Crippen molar-refractivity contribution >= 4 is 15.7 Å². The van der Waals surface area contributed by atoms with Gasteiger partial charge in [0, 0.05) is 28.2 Å². The van der Waals surface area contributed by atoms with E-state index in [0.29, 0.717) is 79.0 Å². The maximum absolute atomic E-state index is 15.1. The van der Waals surface area contributed by atoms with Gasteiger partial charge in [0.2, 0.25) is 0 Å². The molecule has 0 spiro atoms. The minimum Gasteiger partial charge on any atom is -0.378 e. The highest BCUT2D eigenvalue weighted by molar-refractivity contribution is 7.65. The number of hydrogen-bond donors (Lipinski definition) is 0. The van der Waals surface area contributed by atoms with Gasteiger partial charge >= 0.3 is 15.7 Å². The van der Waals surface area contributed by atoms with Gasteiger partial charge in [-0.25, -0.2) is 0 Å². The molecular weight excluding hydrogens is 436 g/mol. The monoisotopic (exact) mass is 478 g/mol. The fourth-order valence-corrected chi connectivity index (χ4v) is 5.58. The molecule has 0 bridgehead atoms. The van der Waals surface area contributed by atoms with Gasteiger partial charge in [0.25, 0.3) is 0 Å². The lowest BCUT2D eigenvalue weighted by Gasteiger charge is -2.29. The molecule has 1 fully saturated rings. The van der Waals surface area contributed by atoms with Gasteiger partial charge < -0.3 is 18.9 Å². The van der Waals surface area contributed by atoms with Crippen LogP contribution in [0, 0.1) is 0 Å². The predicted molar refractivity (Wildman–Crippen MR) is 122 cm³/mol. The van der Waals surface area contributed by atoms with Crippen LogP contribution in [0.15, 0.2) is 0 Å². The van der Waals surface area contributed by atoms with Crippen molar-refractivity contribution in [3.63, 3.8) is 0 Å². The standard InChI is InChI=1S/C18H42F2N4O4P2/c1-21(2)29(5,19)23-7-11-25-15-17-27-13-9-24(30(6,20)22(3)4)10-14-28-18-16-26-12-8-23/h7-18H2,1-6H3/q+2. The molecule has 1 aliphatic heterocycles. The molecule has 0 aromatic rings. The van der Waals surface area contributed by atoms with E-state index < -0.39 is 15.7 Å². The van der Waals surface area contributed by atoms with Crippen LogP contribution < -0.4 is 0 Å². The lowest BCUT2D eigenvalue weighted by atomic mass is 10.6. The van der Waals surface area contributed by atoms with Crippen LogP contribution in [0.4, 0.5) is 8.39 Å². The molecule has 0 N–H and O–H groups in total. The molecule has 12 heteroatoms. The SMILES string of the molecule is CN(C)[P+](C)(F)N1CCOCCOCCN([P+](C)(F)N(C)C)CCOCCOCC1. The highest BCUT2D eigenvalue weighted by Gasteiger charge is 2.45. The Hall–Kier alpha value is 0.400. The molecule has 0 amide bonds. The van der Waals surface area contributed by atoms with Crippen molar-refractivity contribution in [2.75, 3.05) is 121 Å². The van der Waals surface area contributed by atoms with E-state index >= 15 is 8.39 Å². The van der Waals surface area contributed by atoms with Crippen molar-refractivity contribution in [3.05, 3.63) is 0 Å². The zero-order chi connectivity index (χ0) is 22.6. The van der Waals surface area contributed by atoms with Crippen molar-refractivity contribution in [3.8, 4) is 0 Å². The van der Waals surface area contributed by atoms with Crippen molar-refractivity contribution in [2.24, 2.45) is 0 Å². The third-order valence-electron chi connectivity index (χ3n) is 5.21. The van der Waals surface area contributed by atoms with Gasteiger partial charge in [-0.3, -0.25) is 0 Å². The van der Waals surface area contributed by atoms with Crippen molar-refractivity contribution in [2.45, 2.75) is 0 Å². The molecule has 180 valence electrons. The second kappa shape index (κ2) is 14.5. The van der Waals surface area contributed by atoms with Crippen LogP contribution in [-0.2, 0) is 18.9 Å². The largest absolute Gasteiger partial charge is 0.378 e. The number of nitrogens with zero attached hydrogens (tertiary/aromatic N) is 4. The molecule has 1 aliphatic rings. The maximum atomic E-state index is 15.1. The van der Waals surface area contributed by atoms with E-state index in [2.05, 4.69) is 0 Å². The molecule has 0 aliphatic carbocycles. The Kier molecular flexibility index (Phi) is 13.8. The minimum absolute atomic E-state index is 0.417. The Bertz CT molecular complexity index is 406. The second-order valence-corrected chi connectivity index (χ2v) is 13.6. The molecule has 0 aromatic heterocycles. The molecule has 1 heterocycles. The minimum atomic E-state index is -2.87. The fourth-order valence-electron chi connectivity index (χ4n) is 2.78. The summed E-state index contributed by atoms with van der Waals surface area (Å²) >= 11 is 0. The second-order valence-electron chi connectivity index (χ2n) is 7.67. The van der Waals surface area contributed by atoms with Gasteiger partial charge in [-0.15, -0.1) is 18.7 Å². The summed E-state index contributed by atoms with van der Waals surface area (Å²) < 4.78 is 59.7. The van der Waals surface area contributed by atoms with Crippen LogP contribution in [0.5, 0.6) is 0 Å². The van der Waals surface area contributed by atoms with E-state index in [1.807, 2.05) is 9.34 Å². The highest BCUT2D eigenvalue weighted by Crippen LogP contribution is 2.62. The van der Waals surface area contributed by atoms with Gasteiger partial charge in [0.15, 0.2) is 0 Å². The predicted octanol–water partition coefficient (Wildman–Crippen LogP) is 2.52. The summed E-state index contributed by atoms with van der Waals surface area (Å²) in [6.07, 6.45) is 0. The van der Waals surface area contributed by atoms with Crippen LogP contribution in [0.1, 0.15) is 0 Å². The van der Waals surface area contributed by atoms with Crippen molar-refractivity contribution in [1.29, 1.82) is 0 Å². The van der Waals surface area contributed by atoms with E-state index in [4.69, 9.17) is 18.9 Å². The van der Waals surface area contributed by atoms with E-state index in [-0.39, 0.29) is 0 Å². The van der Waals surface area contributed by atoms with Crippen molar-refractivity contribution in [1.82, 2.24) is 18.7 Å². The van der Waals surface area contributed by atoms with Crippen LogP contribution in [0.2, 0.25) is 0 Å². The fraction of sp³-hybridized carbons (Fsp3) is 1.00. The molecule has 0 aromatic carbocycles. The Morgan fingerprint density at radius 3 is 0.967 bits per heavy atom. The van der Waals surface area contributed by atoms with E-state index in [1.165, 1.54) is 0 Å². The third-order valence-corrected chi connectivity index (χ3v) is 11.0. The Morgan fingerprint density at radius 1 is 0.533 bits per heavy atom. The topological polar surface area (TPSA) is 49.9 Å². The first kappa shape index (κ1) is 28.4. The Balaban J connectivity index is 2.60. The summed E-state index contributed by atoms with van der Waals surface area (Å²) in [6.45, 7) is 8.60. The summed E-state index contributed by atoms with van der Waals surface area (Å²) in [6, 6.07) is 0. The van der Waals surface area contributed by atoms with Crippen LogP contribution in [0.25, 0.3) is 0 Å². The Morgan fingerprint density at radius 2 is 0.767 bits per heavy atom. The molecular formula is C18H42F2N4O4P2+2. The average molecular weight is 479 g/mol. The third kappa shape index (κ3) is 9.90. The molecule has 1 rings (SSSR count). The van der Waals surface area contributed by atoms with Crippen LogP contribution in [-0.4, -0.2) is 139 Å². The number of rotatable bonds is 4. The summed E-state index contributed by atoms with van der Waals surface area (Å²) in [7, 11) is 1.28. The van der Waals surface area contributed by atoms with E-state index in [9.17, 15) is 0 Å². The molecule has 0 saturated carbocycles. The lowest BCUT2D eigenvalue weighted by Crippen LogP contribution is -2.36. The van der Waals surface area contributed by atoms with E-state index in [0.717, 1.165) is 0 Å². The quantitative estimate of drug-likeness (QED) is 0.572. The van der Waals surface area contributed by atoms with Gasteiger partial charge in [-0.2, -0.15) is 0 Å². The molecule has 2 atom stereocenters. The molecule has 1 saturated heterocycles. The summed E-state index contributed by atoms with van der Waals surface area (Å²) in [5.41, 5.74) is 0. The number of ether oxygens (including phenoxy) is 4. The zero-order valence-electron chi connectivity index (χ0n) is 19.6. The molecule has 2 unspecified atom stereocenters. The Labute approximate surface area is 182 Å². The first-order valence-corrected chi connectivity index (χ1v) is 14.5. The molecule has 30 heavy (non-hydrogen) atoms. The first-order chi connectivity index (χ1) is 14.1. The summed E-state index contributed by atoms with van der Waals surface area (Å²) in [5, 5.41) is 0. The highest BCUT2D eigenvalue weighted by atomic mass is 31.2. The van der Waals surface area contributed by atoms with Gasteiger partial charge in [-0.1, -0.05) is 0 Å². The first-order valence-electron chi connectivity index (χ1n) is 10.4. The van der Waals surface area contributed by atoms with Gasteiger partial charge in [0.05, 0.1) is 79.0 Å².